The molecule has 0 bridgehead atoms. The van der Waals surface area contributed by atoms with Gasteiger partial charge in [0.25, 0.3) is 0 Å². The van der Waals surface area contributed by atoms with Gasteiger partial charge >= 0.3 is 0 Å². The number of aromatic nitrogens is 5. The summed E-state index contributed by atoms with van der Waals surface area (Å²) in [5, 5.41) is 21.8. The molecule has 1 N–H and O–H groups in total. The minimum Gasteiger partial charge on any atom is -0.377 e. The van der Waals surface area contributed by atoms with E-state index in [1.165, 1.54) is 0 Å². The number of aromatic amines is 1. The van der Waals surface area contributed by atoms with Crippen LogP contribution in [0.3, 0.4) is 0 Å². The van der Waals surface area contributed by atoms with Crippen LogP contribution in [0, 0.1) is 18.3 Å². The average molecular weight is 365 g/mol. The third-order valence-electron chi connectivity index (χ3n) is 5.05. The van der Waals surface area contributed by atoms with Gasteiger partial charge in [0.2, 0.25) is 0 Å². The Morgan fingerprint density at radius 3 is 2.85 bits per heavy atom. The number of anilines is 1. The van der Waals surface area contributed by atoms with Crippen LogP contribution < -0.4 is 4.90 Å². The molecule has 0 spiro atoms. The van der Waals surface area contributed by atoms with E-state index in [2.05, 4.69) is 33.1 Å². The van der Waals surface area contributed by atoms with E-state index in [-0.39, 0.29) is 6.04 Å². The van der Waals surface area contributed by atoms with E-state index in [1.807, 2.05) is 37.4 Å². The van der Waals surface area contributed by atoms with Gasteiger partial charge in [-0.1, -0.05) is 0 Å². The van der Waals surface area contributed by atoms with Crippen LogP contribution in [0.1, 0.15) is 32.0 Å². The molecule has 0 radical (unpaired) electrons. The molecule has 1 fully saturated rings. The van der Waals surface area contributed by atoms with Crippen LogP contribution in [0.15, 0.2) is 18.3 Å². The van der Waals surface area contributed by atoms with Crippen LogP contribution in [0.2, 0.25) is 0 Å². The number of morpholine rings is 1. The number of nitriles is 1. The maximum atomic E-state index is 9.74. The highest BCUT2D eigenvalue weighted by Crippen LogP contribution is 2.32. The molecular weight excluding hydrogens is 342 g/mol. The van der Waals surface area contributed by atoms with Crippen LogP contribution in [0.5, 0.6) is 0 Å². The molecule has 1 atom stereocenters. The van der Waals surface area contributed by atoms with Gasteiger partial charge in [-0.05, 0) is 39.8 Å². The Morgan fingerprint density at radius 2 is 2.19 bits per heavy atom. The number of H-pyrrole nitrogens is 1. The molecule has 3 aromatic heterocycles. The minimum absolute atomic E-state index is 0.211. The Hall–Kier alpha value is -2.92. The van der Waals surface area contributed by atoms with Crippen molar-refractivity contribution in [3.05, 3.63) is 29.6 Å². The highest BCUT2D eigenvalue weighted by molar-refractivity contribution is 5.67. The van der Waals surface area contributed by atoms with Gasteiger partial charge in [-0.25, -0.2) is 9.50 Å². The SMILES string of the molecule is Cc1cc(-c2ncc3c(C(C)(C)C#N)cc(N4CCOC[C@H]4C)nn23)[nH]n1. The Kier molecular flexibility index (Phi) is 4.12. The van der Waals surface area contributed by atoms with Gasteiger partial charge in [0.15, 0.2) is 5.82 Å². The molecule has 8 heteroatoms. The van der Waals surface area contributed by atoms with Gasteiger partial charge in [-0.3, -0.25) is 5.10 Å². The normalized spacial score (nSPS) is 18.0. The number of fused-ring (bicyclic) bond motifs is 1. The molecule has 1 saturated heterocycles. The van der Waals surface area contributed by atoms with Crippen LogP contribution >= 0.6 is 0 Å². The highest BCUT2D eigenvalue weighted by Gasteiger charge is 2.29. The first-order valence-electron chi connectivity index (χ1n) is 9.08. The number of ether oxygens (including phenoxy) is 1. The van der Waals surface area contributed by atoms with Crippen LogP contribution in [0.25, 0.3) is 17.0 Å². The lowest BCUT2D eigenvalue weighted by Crippen LogP contribution is -2.44. The summed E-state index contributed by atoms with van der Waals surface area (Å²) in [7, 11) is 0. The van der Waals surface area contributed by atoms with E-state index >= 15 is 0 Å². The summed E-state index contributed by atoms with van der Waals surface area (Å²) >= 11 is 0. The number of hydrogen-bond donors (Lipinski definition) is 1. The van der Waals surface area contributed by atoms with E-state index in [0.29, 0.717) is 19.0 Å². The fraction of sp³-hybridized carbons (Fsp3) is 0.474. The van der Waals surface area contributed by atoms with E-state index in [9.17, 15) is 5.26 Å². The average Bonchev–Trinajstić information content (AvgIpc) is 3.27. The predicted molar refractivity (Wildman–Crippen MR) is 102 cm³/mol. The number of aryl methyl sites for hydroxylation is 1. The van der Waals surface area contributed by atoms with Crippen molar-refractivity contribution in [1.82, 2.24) is 24.8 Å². The van der Waals surface area contributed by atoms with Crippen molar-refractivity contribution in [1.29, 1.82) is 5.26 Å². The van der Waals surface area contributed by atoms with Crippen molar-refractivity contribution in [3.8, 4) is 17.6 Å². The van der Waals surface area contributed by atoms with Gasteiger partial charge < -0.3 is 9.64 Å². The van der Waals surface area contributed by atoms with Gasteiger partial charge in [-0.15, -0.1) is 5.10 Å². The summed E-state index contributed by atoms with van der Waals surface area (Å²) in [6, 6.07) is 6.58. The van der Waals surface area contributed by atoms with Gasteiger partial charge in [0.1, 0.15) is 11.5 Å². The molecule has 140 valence electrons. The molecule has 0 saturated carbocycles. The first-order valence-corrected chi connectivity index (χ1v) is 9.08. The molecule has 1 aliphatic rings. The number of rotatable bonds is 3. The van der Waals surface area contributed by atoms with Crippen molar-refractivity contribution < 1.29 is 4.74 Å². The van der Waals surface area contributed by atoms with Crippen molar-refractivity contribution in [3.63, 3.8) is 0 Å². The molecule has 0 unspecified atom stereocenters. The molecule has 0 amide bonds. The lowest BCUT2D eigenvalue weighted by atomic mass is 9.86. The molecule has 4 rings (SSSR count). The number of nitrogens with one attached hydrogen (secondary N) is 1. The Bertz CT molecular complexity index is 1030. The summed E-state index contributed by atoms with van der Waals surface area (Å²) in [6.45, 7) is 9.97. The topological polar surface area (TPSA) is 95.1 Å². The summed E-state index contributed by atoms with van der Waals surface area (Å²) in [5.41, 5.74) is 2.75. The second-order valence-corrected chi connectivity index (χ2v) is 7.57. The number of nitrogens with zero attached hydrogens (tertiary/aromatic N) is 6. The molecule has 0 aromatic carbocycles. The quantitative estimate of drug-likeness (QED) is 0.766. The third kappa shape index (κ3) is 2.94. The zero-order valence-corrected chi connectivity index (χ0v) is 16.0. The summed E-state index contributed by atoms with van der Waals surface area (Å²) in [4.78, 5) is 6.79. The Labute approximate surface area is 157 Å². The summed E-state index contributed by atoms with van der Waals surface area (Å²) in [6.07, 6.45) is 1.78. The number of hydrogen-bond acceptors (Lipinski definition) is 6. The molecular formula is C19H23N7O. The maximum absolute atomic E-state index is 9.74. The van der Waals surface area contributed by atoms with Crippen molar-refractivity contribution in [2.24, 2.45) is 0 Å². The van der Waals surface area contributed by atoms with Crippen LogP contribution in [-0.2, 0) is 10.2 Å². The molecule has 3 aromatic rings. The largest absolute Gasteiger partial charge is 0.377 e. The minimum atomic E-state index is -0.671. The fourth-order valence-corrected chi connectivity index (χ4v) is 3.45. The second kappa shape index (κ2) is 6.35. The molecule has 1 aliphatic heterocycles. The maximum Gasteiger partial charge on any atom is 0.179 e. The predicted octanol–water partition coefficient (Wildman–Crippen LogP) is 2.45. The van der Waals surface area contributed by atoms with Gasteiger partial charge in [0.05, 0.1) is 48.1 Å². The number of imidazole rings is 1. The highest BCUT2D eigenvalue weighted by atomic mass is 16.5. The van der Waals surface area contributed by atoms with E-state index < -0.39 is 5.41 Å². The first kappa shape index (κ1) is 17.5. The van der Waals surface area contributed by atoms with Crippen molar-refractivity contribution in [2.75, 3.05) is 24.7 Å². The Morgan fingerprint density at radius 1 is 1.37 bits per heavy atom. The van der Waals surface area contributed by atoms with Crippen molar-refractivity contribution in [2.45, 2.75) is 39.2 Å². The lowest BCUT2D eigenvalue weighted by Gasteiger charge is -2.34. The first-order chi connectivity index (χ1) is 12.9. The zero-order valence-electron chi connectivity index (χ0n) is 16.0. The monoisotopic (exact) mass is 365 g/mol. The molecule has 8 nitrogen and oxygen atoms in total. The van der Waals surface area contributed by atoms with E-state index in [0.717, 1.165) is 34.8 Å². The Balaban J connectivity index is 1.95. The fourth-order valence-electron chi connectivity index (χ4n) is 3.45. The zero-order chi connectivity index (χ0) is 19.2. The molecule has 0 aliphatic carbocycles. The van der Waals surface area contributed by atoms with Gasteiger partial charge in [0, 0.05) is 12.1 Å². The molecule has 4 heterocycles. The molecule has 27 heavy (non-hydrogen) atoms. The lowest BCUT2D eigenvalue weighted by molar-refractivity contribution is 0.0984. The van der Waals surface area contributed by atoms with E-state index in [4.69, 9.17) is 9.84 Å². The van der Waals surface area contributed by atoms with Crippen LogP contribution in [0.4, 0.5) is 5.82 Å². The van der Waals surface area contributed by atoms with Gasteiger partial charge in [-0.2, -0.15) is 10.4 Å². The van der Waals surface area contributed by atoms with E-state index in [1.54, 1.807) is 6.20 Å². The smallest absolute Gasteiger partial charge is 0.179 e. The van der Waals surface area contributed by atoms with Crippen molar-refractivity contribution >= 4 is 11.3 Å². The summed E-state index contributed by atoms with van der Waals surface area (Å²) in [5.74, 6) is 1.51. The van der Waals surface area contributed by atoms with Crippen LogP contribution in [-0.4, -0.2) is 50.6 Å². The summed E-state index contributed by atoms with van der Waals surface area (Å²) < 4.78 is 7.38. The standard InChI is InChI=1S/C19H23N7O/c1-12-7-15(23-22-12)18-21-9-16-14(19(3,4)11-20)8-17(24-26(16)18)25-5-6-27-10-13(25)2/h7-9,13H,5-6,10H2,1-4H3,(H,22,23)/t13-/m1/s1. The third-order valence-corrected chi connectivity index (χ3v) is 5.05. The second-order valence-electron chi connectivity index (χ2n) is 7.57.